The summed E-state index contributed by atoms with van der Waals surface area (Å²) in [6.45, 7) is 1.30. The number of aliphatic carboxylic acids is 1. The predicted octanol–water partition coefficient (Wildman–Crippen LogP) is 1.29. The molecule has 2 amide bonds. The van der Waals surface area contributed by atoms with Crippen molar-refractivity contribution in [3.05, 3.63) is 35.9 Å². The van der Waals surface area contributed by atoms with Crippen molar-refractivity contribution < 1.29 is 19.4 Å². The number of benzene rings is 1. The SMILES string of the molecule is COC(CNC(=O)N1CCC(c2ccccc2)C1)C(=O)O. The van der Waals surface area contributed by atoms with E-state index in [1.807, 2.05) is 18.2 Å². The van der Waals surface area contributed by atoms with Gasteiger partial charge in [-0.3, -0.25) is 0 Å². The zero-order valence-corrected chi connectivity index (χ0v) is 12.0. The number of nitrogens with zero attached hydrogens (tertiary/aromatic N) is 1. The van der Waals surface area contributed by atoms with Crippen molar-refractivity contribution in [2.24, 2.45) is 0 Å². The Bertz CT molecular complexity index is 492. The molecule has 1 aromatic carbocycles. The number of amides is 2. The molecule has 2 rings (SSSR count). The Kier molecular flexibility index (Phi) is 5.16. The van der Waals surface area contributed by atoms with Gasteiger partial charge in [0.2, 0.25) is 0 Å². The molecule has 2 unspecified atom stereocenters. The lowest BCUT2D eigenvalue weighted by Crippen LogP contribution is -2.44. The van der Waals surface area contributed by atoms with Gasteiger partial charge in [-0.05, 0) is 12.0 Å². The summed E-state index contributed by atoms with van der Waals surface area (Å²) in [5, 5.41) is 11.5. The van der Waals surface area contributed by atoms with Crippen LogP contribution in [0.5, 0.6) is 0 Å². The highest BCUT2D eigenvalue weighted by Gasteiger charge is 2.28. The van der Waals surface area contributed by atoms with Gasteiger partial charge in [0.1, 0.15) is 0 Å². The first-order valence-corrected chi connectivity index (χ1v) is 6.95. The molecule has 114 valence electrons. The second-order valence-corrected chi connectivity index (χ2v) is 5.09. The number of hydrogen-bond donors (Lipinski definition) is 2. The summed E-state index contributed by atoms with van der Waals surface area (Å²) in [7, 11) is 1.31. The molecule has 6 nitrogen and oxygen atoms in total. The van der Waals surface area contributed by atoms with Crippen molar-refractivity contribution in [2.45, 2.75) is 18.4 Å². The van der Waals surface area contributed by atoms with Crippen LogP contribution in [-0.2, 0) is 9.53 Å². The number of carboxylic acids is 1. The normalized spacial score (nSPS) is 19.3. The van der Waals surface area contributed by atoms with Gasteiger partial charge >= 0.3 is 12.0 Å². The standard InChI is InChI=1S/C15H20N2O4/c1-21-13(14(18)19)9-16-15(20)17-8-7-12(10-17)11-5-3-2-4-6-11/h2-6,12-13H,7-10H2,1H3,(H,16,20)(H,18,19). The van der Waals surface area contributed by atoms with E-state index < -0.39 is 12.1 Å². The Balaban J connectivity index is 1.84. The molecular weight excluding hydrogens is 272 g/mol. The number of urea groups is 1. The maximum absolute atomic E-state index is 12.0. The Morgan fingerprint density at radius 3 is 2.76 bits per heavy atom. The monoisotopic (exact) mass is 292 g/mol. The van der Waals surface area contributed by atoms with E-state index in [0.29, 0.717) is 19.0 Å². The number of nitrogens with one attached hydrogen (secondary N) is 1. The van der Waals surface area contributed by atoms with E-state index >= 15 is 0 Å². The molecule has 0 saturated carbocycles. The summed E-state index contributed by atoms with van der Waals surface area (Å²) in [4.78, 5) is 24.6. The summed E-state index contributed by atoms with van der Waals surface area (Å²) in [5.41, 5.74) is 1.23. The van der Waals surface area contributed by atoms with Crippen molar-refractivity contribution in [3.8, 4) is 0 Å². The number of carbonyl (C=O) groups excluding carboxylic acids is 1. The number of carbonyl (C=O) groups is 2. The average Bonchev–Trinajstić information content (AvgIpc) is 2.98. The zero-order chi connectivity index (χ0) is 15.2. The Morgan fingerprint density at radius 2 is 2.14 bits per heavy atom. The molecule has 0 aromatic heterocycles. The van der Waals surface area contributed by atoms with E-state index in [4.69, 9.17) is 9.84 Å². The first-order valence-electron chi connectivity index (χ1n) is 6.95. The van der Waals surface area contributed by atoms with Gasteiger partial charge in [0.15, 0.2) is 6.10 Å². The van der Waals surface area contributed by atoms with Crippen LogP contribution in [0, 0.1) is 0 Å². The molecule has 1 aliphatic rings. The summed E-state index contributed by atoms with van der Waals surface area (Å²) in [6, 6.07) is 9.85. The van der Waals surface area contributed by atoms with Gasteiger partial charge in [-0.25, -0.2) is 9.59 Å². The van der Waals surface area contributed by atoms with E-state index in [9.17, 15) is 9.59 Å². The lowest BCUT2D eigenvalue weighted by Gasteiger charge is -2.19. The maximum atomic E-state index is 12.0. The lowest BCUT2D eigenvalue weighted by atomic mass is 9.99. The fourth-order valence-electron chi connectivity index (χ4n) is 2.51. The summed E-state index contributed by atoms with van der Waals surface area (Å²) < 4.78 is 4.78. The fraction of sp³-hybridized carbons (Fsp3) is 0.467. The molecular formula is C15H20N2O4. The lowest BCUT2D eigenvalue weighted by molar-refractivity contribution is -0.148. The van der Waals surface area contributed by atoms with Gasteiger partial charge in [0.05, 0.1) is 6.54 Å². The number of ether oxygens (including phenoxy) is 1. The molecule has 0 spiro atoms. The Labute approximate surface area is 123 Å². The number of hydrogen-bond acceptors (Lipinski definition) is 3. The second kappa shape index (κ2) is 7.08. The minimum absolute atomic E-state index is 0.0306. The molecule has 0 radical (unpaired) electrons. The number of likely N-dealkylation sites (tertiary alicyclic amines) is 1. The van der Waals surface area contributed by atoms with E-state index in [2.05, 4.69) is 17.4 Å². The van der Waals surface area contributed by atoms with Gasteiger partial charge < -0.3 is 20.1 Å². The van der Waals surface area contributed by atoms with E-state index in [0.717, 1.165) is 6.42 Å². The average molecular weight is 292 g/mol. The van der Waals surface area contributed by atoms with Crippen LogP contribution < -0.4 is 5.32 Å². The first-order chi connectivity index (χ1) is 10.1. The number of carboxylic acid groups (broad SMARTS) is 1. The summed E-state index contributed by atoms with van der Waals surface area (Å²) >= 11 is 0. The summed E-state index contributed by atoms with van der Waals surface area (Å²) in [5.74, 6) is -0.740. The van der Waals surface area contributed by atoms with Gasteiger partial charge in [-0.15, -0.1) is 0 Å². The predicted molar refractivity (Wildman–Crippen MR) is 77.2 cm³/mol. The summed E-state index contributed by atoms with van der Waals surface area (Å²) in [6.07, 6.45) is -0.0918. The van der Waals surface area contributed by atoms with Gasteiger partial charge in [-0.2, -0.15) is 0 Å². The third kappa shape index (κ3) is 3.95. The van der Waals surface area contributed by atoms with Crippen LogP contribution in [0.2, 0.25) is 0 Å². The van der Waals surface area contributed by atoms with Crippen molar-refractivity contribution in [1.82, 2.24) is 10.2 Å². The molecule has 2 N–H and O–H groups in total. The van der Waals surface area contributed by atoms with Crippen molar-refractivity contribution >= 4 is 12.0 Å². The third-order valence-electron chi connectivity index (χ3n) is 3.75. The highest BCUT2D eigenvalue weighted by atomic mass is 16.5. The van der Waals surface area contributed by atoms with Crippen LogP contribution in [0.15, 0.2) is 30.3 Å². The molecule has 0 bridgehead atoms. The van der Waals surface area contributed by atoms with Crippen LogP contribution in [0.3, 0.4) is 0 Å². The molecule has 1 heterocycles. The Hall–Kier alpha value is -2.08. The van der Waals surface area contributed by atoms with Gasteiger partial charge in [0, 0.05) is 26.1 Å². The van der Waals surface area contributed by atoms with E-state index in [1.54, 1.807) is 4.90 Å². The zero-order valence-electron chi connectivity index (χ0n) is 12.0. The molecule has 0 aliphatic carbocycles. The van der Waals surface area contributed by atoms with Gasteiger partial charge in [0.25, 0.3) is 0 Å². The van der Waals surface area contributed by atoms with Crippen LogP contribution >= 0.6 is 0 Å². The molecule has 1 aromatic rings. The largest absolute Gasteiger partial charge is 0.479 e. The minimum Gasteiger partial charge on any atom is -0.479 e. The molecule has 1 saturated heterocycles. The molecule has 6 heteroatoms. The van der Waals surface area contributed by atoms with Crippen LogP contribution in [-0.4, -0.2) is 54.9 Å². The van der Waals surface area contributed by atoms with Crippen LogP contribution in [0.25, 0.3) is 0 Å². The number of rotatable bonds is 5. The van der Waals surface area contributed by atoms with Crippen molar-refractivity contribution in [2.75, 3.05) is 26.7 Å². The van der Waals surface area contributed by atoms with Crippen LogP contribution in [0.4, 0.5) is 4.79 Å². The molecule has 1 fully saturated rings. The topological polar surface area (TPSA) is 78.9 Å². The first kappa shape index (κ1) is 15.3. The fourth-order valence-corrected chi connectivity index (χ4v) is 2.51. The maximum Gasteiger partial charge on any atom is 0.334 e. The smallest absolute Gasteiger partial charge is 0.334 e. The number of methoxy groups -OCH3 is 1. The van der Waals surface area contributed by atoms with Crippen LogP contribution in [0.1, 0.15) is 17.9 Å². The Morgan fingerprint density at radius 1 is 1.43 bits per heavy atom. The third-order valence-corrected chi connectivity index (χ3v) is 3.75. The minimum atomic E-state index is -1.08. The van der Waals surface area contributed by atoms with Crippen molar-refractivity contribution in [3.63, 3.8) is 0 Å². The van der Waals surface area contributed by atoms with E-state index in [1.165, 1.54) is 12.7 Å². The molecule has 1 aliphatic heterocycles. The van der Waals surface area contributed by atoms with Gasteiger partial charge in [-0.1, -0.05) is 30.3 Å². The second-order valence-electron chi connectivity index (χ2n) is 5.09. The van der Waals surface area contributed by atoms with E-state index in [-0.39, 0.29) is 12.6 Å². The van der Waals surface area contributed by atoms with Crippen molar-refractivity contribution in [1.29, 1.82) is 0 Å². The quantitative estimate of drug-likeness (QED) is 0.857. The molecule has 21 heavy (non-hydrogen) atoms. The molecule has 2 atom stereocenters. The highest BCUT2D eigenvalue weighted by molar-refractivity contribution is 5.77. The highest BCUT2D eigenvalue weighted by Crippen LogP contribution is 2.26.